The SMILES string of the molecule is CC[C@H]1OC(=O)[C@H](C)C(=O)[C@H](C)[C@@H](O[C@@H]2O[C@H](CN)CC(N)C2O)[C@](C)(OC)C[C@@H](C)CN[C@H](C)[C@H]2N(CCCCn3cc(-c4cccc(NC(=O)OC(C)(C)C)c4)nn3)C(=O)O[C@]12C. The average molecular weight is 915 g/mol. The molecular weight excluding hydrogens is 841 g/mol. The van der Waals surface area contributed by atoms with Gasteiger partial charge in [0.05, 0.1) is 30.0 Å². The zero-order valence-corrected chi connectivity index (χ0v) is 40.1. The Hall–Kier alpha value is -4.24. The summed E-state index contributed by atoms with van der Waals surface area (Å²) < 4.78 is 38.3. The number of fused-ring (bicyclic) bond motifs is 1. The Morgan fingerprint density at radius 3 is 2.48 bits per heavy atom. The minimum absolute atomic E-state index is 0.0662. The largest absolute Gasteiger partial charge is 0.458 e. The van der Waals surface area contributed by atoms with Gasteiger partial charge in [-0.25, -0.2) is 9.59 Å². The van der Waals surface area contributed by atoms with E-state index in [1.807, 2.05) is 39.1 Å². The number of carbonyl (C=O) groups excluding carboxylic acids is 4. The maximum Gasteiger partial charge on any atom is 0.412 e. The molecule has 5 rings (SSSR count). The minimum Gasteiger partial charge on any atom is -0.458 e. The zero-order valence-electron chi connectivity index (χ0n) is 40.1. The van der Waals surface area contributed by atoms with Gasteiger partial charge in [0, 0.05) is 56.0 Å². The lowest BCUT2D eigenvalue weighted by molar-refractivity contribution is -0.289. The number of amides is 2. The van der Waals surface area contributed by atoms with Gasteiger partial charge in [0.15, 0.2) is 17.7 Å². The zero-order chi connectivity index (χ0) is 48.0. The molecule has 3 aliphatic rings. The summed E-state index contributed by atoms with van der Waals surface area (Å²) in [6, 6.07) is 5.68. The molecule has 0 spiro atoms. The molecule has 2 unspecified atom stereocenters. The van der Waals surface area contributed by atoms with Gasteiger partial charge in [0.25, 0.3) is 0 Å². The number of rotatable bonds is 12. The van der Waals surface area contributed by atoms with Crippen LogP contribution in [0.3, 0.4) is 0 Å². The molecule has 0 saturated carbocycles. The van der Waals surface area contributed by atoms with Crippen molar-refractivity contribution in [2.45, 2.75) is 174 Å². The molecule has 3 aliphatic heterocycles. The van der Waals surface area contributed by atoms with Crippen molar-refractivity contribution in [2.75, 3.05) is 32.1 Å². The van der Waals surface area contributed by atoms with Crippen LogP contribution in [0.5, 0.6) is 0 Å². The predicted molar refractivity (Wildman–Crippen MR) is 241 cm³/mol. The van der Waals surface area contributed by atoms with E-state index in [9.17, 15) is 24.3 Å². The second-order valence-corrected chi connectivity index (χ2v) is 19.6. The number of hydrogen-bond acceptors (Lipinski definition) is 16. The highest BCUT2D eigenvalue weighted by molar-refractivity contribution is 6.00. The first kappa shape index (κ1) is 51.7. The van der Waals surface area contributed by atoms with E-state index in [0.29, 0.717) is 63.1 Å². The molecule has 2 aromatic rings. The van der Waals surface area contributed by atoms with E-state index >= 15 is 0 Å². The molecule has 19 nitrogen and oxygen atoms in total. The maximum absolute atomic E-state index is 14.3. The van der Waals surface area contributed by atoms with Crippen LogP contribution in [-0.2, 0) is 44.6 Å². The molecule has 13 atom stereocenters. The normalized spacial score (nSPS) is 34.2. The van der Waals surface area contributed by atoms with Gasteiger partial charge in [0.1, 0.15) is 29.4 Å². The number of methoxy groups -OCH3 is 1. The number of Topliss-reactive ketones (excluding diaryl/α,β-unsaturated/α-hetero) is 1. The van der Waals surface area contributed by atoms with Gasteiger partial charge in [0.2, 0.25) is 0 Å². The van der Waals surface area contributed by atoms with Crippen molar-refractivity contribution in [2.24, 2.45) is 29.2 Å². The molecule has 3 saturated heterocycles. The van der Waals surface area contributed by atoms with E-state index in [2.05, 4.69) is 27.9 Å². The number of benzene rings is 1. The Labute approximate surface area is 383 Å². The van der Waals surface area contributed by atoms with E-state index in [0.717, 1.165) is 5.56 Å². The Bertz CT molecular complexity index is 1950. The van der Waals surface area contributed by atoms with Gasteiger partial charge in [-0.3, -0.25) is 24.5 Å². The fraction of sp³-hybridized carbons (Fsp3) is 0.739. The van der Waals surface area contributed by atoms with Crippen molar-refractivity contribution in [1.29, 1.82) is 0 Å². The van der Waals surface area contributed by atoms with Crippen LogP contribution in [0.1, 0.15) is 101 Å². The molecule has 1 aromatic carbocycles. The van der Waals surface area contributed by atoms with Crippen molar-refractivity contribution in [3.05, 3.63) is 30.5 Å². The molecule has 19 heteroatoms. The molecule has 1 aromatic heterocycles. The van der Waals surface area contributed by atoms with Crippen LogP contribution in [0, 0.1) is 17.8 Å². The summed E-state index contributed by atoms with van der Waals surface area (Å²) in [4.78, 5) is 56.3. The fourth-order valence-electron chi connectivity index (χ4n) is 9.51. The Morgan fingerprint density at radius 1 is 1.11 bits per heavy atom. The number of nitrogens with zero attached hydrogens (tertiary/aromatic N) is 4. The van der Waals surface area contributed by atoms with Crippen LogP contribution in [0.4, 0.5) is 15.3 Å². The molecule has 3 fully saturated rings. The second kappa shape index (κ2) is 21.6. The smallest absolute Gasteiger partial charge is 0.412 e. The molecule has 7 N–H and O–H groups in total. The molecule has 4 heterocycles. The van der Waals surface area contributed by atoms with E-state index in [1.165, 1.54) is 6.92 Å². The van der Waals surface area contributed by atoms with Gasteiger partial charge >= 0.3 is 18.2 Å². The summed E-state index contributed by atoms with van der Waals surface area (Å²) >= 11 is 0. The van der Waals surface area contributed by atoms with Gasteiger partial charge in [-0.05, 0) is 105 Å². The second-order valence-electron chi connectivity index (χ2n) is 19.6. The molecule has 65 heavy (non-hydrogen) atoms. The Morgan fingerprint density at radius 2 is 1.82 bits per heavy atom. The third kappa shape index (κ3) is 12.4. The minimum atomic E-state index is -1.28. The number of aliphatic hydroxyl groups excluding tert-OH is 1. The third-order valence-electron chi connectivity index (χ3n) is 13.0. The lowest BCUT2D eigenvalue weighted by atomic mass is 9.78. The van der Waals surface area contributed by atoms with Gasteiger partial charge in [-0.1, -0.05) is 38.1 Å². The molecule has 0 radical (unpaired) electrons. The van der Waals surface area contributed by atoms with Crippen LogP contribution in [0.25, 0.3) is 11.3 Å². The quantitative estimate of drug-likeness (QED) is 0.0857. The highest BCUT2D eigenvalue weighted by Crippen LogP contribution is 2.40. The number of ether oxygens (including phenoxy) is 6. The third-order valence-corrected chi connectivity index (χ3v) is 13.0. The Balaban J connectivity index is 1.32. The van der Waals surface area contributed by atoms with Gasteiger partial charge in [-0.15, -0.1) is 5.10 Å². The fourth-order valence-corrected chi connectivity index (χ4v) is 9.51. The first-order chi connectivity index (χ1) is 30.5. The number of anilines is 1. The number of aliphatic hydroxyl groups is 1. The number of aromatic nitrogens is 3. The number of nitrogens with one attached hydrogen (secondary N) is 2. The lowest BCUT2D eigenvalue weighted by Gasteiger charge is -2.45. The number of cyclic esters (lactones) is 1. The number of ketones is 1. The summed E-state index contributed by atoms with van der Waals surface area (Å²) in [5.74, 6) is -3.44. The number of hydrogen-bond donors (Lipinski definition) is 5. The van der Waals surface area contributed by atoms with Crippen LogP contribution in [0.2, 0.25) is 0 Å². The van der Waals surface area contributed by atoms with Gasteiger partial charge < -0.3 is 50.3 Å². The molecule has 2 amide bonds. The van der Waals surface area contributed by atoms with E-state index in [1.54, 1.807) is 63.4 Å². The first-order valence-electron chi connectivity index (χ1n) is 23.0. The van der Waals surface area contributed by atoms with Crippen molar-refractivity contribution in [3.8, 4) is 11.3 Å². The summed E-state index contributed by atoms with van der Waals surface area (Å²) in [5, 5.41) is 26.2. The van der Waals surface area contributed by atoms with Crippen molar-refractivity contribution in [3.63, 3.8) is 0 Å². The highest BCUT2D eigenvalue weighted by Gasteiger charge is 2.58. The standard InChI is InChI=1S/C46H74N8O11/c1-12-35-46(10)38(54(43(59)65-46)19-14-13-18-53-25-34(51-52-53)30-16-15-17-31(20-30)50-42(58)64-44(6,7)8)29(5)49-24-26(2)22-45(9,60-11)39(27(3)36(55)28(4)40(57)62-35)63-41-37(56)33(48)21-32(23-47)61-41/h15-17,20,25-29,32-33,35,37-39,41,49,56H,12-14,18-19,21-24,47-48H2,1-11H3,(H,50,58)/t26-,27+,28-,29-,32+,33?,35-,37?,38-,39-,41+,45-,46-/m1/s1. The number of esters is 1. The summed E-state index contributed by atoms with van der Waals surface area (Å²) in [7, 11) is 1.54. The van der Waals surface area contributed by atoms with E-state index < -0.39 is 95.4 Å². The van der Waals surface area contributed by atoms with Crippen molar-refractivity contribution >= 4 is 29.6 Å². The van der Waals surface area contributed by atoms with Gasteiger partial charge in [-0.2, -0.15) is 0 Å². The number of nitrogens with two attached hydrogens (primary N) is 2. The van der Waals surface area contributed by atoms with Crippen LogP contribution in [0.15, 0.2) is 30.5 Å². The topological polar surface area (TPSA) is 254 Å². The first-order valence-corrected chi connectivity index (χ1v) is 23.0. The lowest BCUT2D eigenvalue weighted by Crippen LogP contribution is -2.61. The Kier molecular flexibility index (Phi) is 17.2. The molecule has 0 aliphatic carbocycles. The predicted octanol–water partition coefficient (Wildman–Crippen LogP) is 4.39. The summed E-state index contributed by atoms with van der Waals surface area (Å²) in [5.41, 5.74) is 11.1. The van der Waals surface area contributed by atoms with Crippen LogP contribution >= 0.6 is 0 Å². The average Bonchev–Trinajstić information content (AvgIpc) is 3.83. The summed E-state index contributed by atoms with van der Waals surface area (Å²) in [6.07, 6.45) is -1.69. The van der Waals surface area contributed by atoms with E-state index in [4.69, 9.17) is 39.9 Å². The molecule has 364 valence electrons. The number of unbranched alkanes of at least 4 members (excludes halogenated alkanes) is 1. The van der Waals surface area contributed by atoms with Crippen LogP contribution < -0.4 is 22.1 Å². The number of aryl methyl sites for hydroxylation is 1. The number of carbonyl (C=O) groups is 4. The maximum atomic E-state index is 14.3. The van der Waals surface area contributed by atoms with Crippen molar-refractivity contribution in [1.82, 2.24) is 25.2 Å². The molecule has 0 bridgehead atoms. The van der Waals surface area contributed by atoms with E-state index in [-0.39, 0.29) is 18.5 Å². The monoisotopic (exact) mass is 915 g/mol. The van der Waals surface area contributed by atoms with Crippen molar-refractivity contribution < 1.29 is 52.7 Å². The highest BCUT2D eigenvalue weighted by atomic mass is 16.7. The van der Waals surface area contributed by atoms with Crippen LogP contribution in [-0.4, -0.2) is 141 Å². The summed E-state index contributed by atoms with van der Waals surface area (Å²) in [6.45, 7) is 19.6. The molecular formula is C46H74N8O11.